The van der Waals surface area contributed by atoms with E-state index in [4.69, 9.17) is 0 Å². The van der Waals surface area contributed by atoms with Crippen LogP contribution in [-0.4, -0.2) is 18.4 Å². The molecule has 1 aromatic carbocycles. The van der Waals surface area contributed by atoms with Crippen molar-refractivity contribution >= 4 is 27.4 Å². The highest BCUT2D eigenvalue weighted by atomic mass is 79.9. The fourth-order valence-corrected chi connectivity index (χ4v) is 2.69. The Balaban J connectivity index is 2.27. The first-order chi connectivity index (χ1) is 8.13. The first-order valence-electron chi connectivity index (χ1n) is 6.20. The molecule has 0 N–H and O–H groups in total. The summed E-state index contributed by atoms with van der Waals surface area (Å²) in [7, 11) is 0. The van der Waals surface area contributed by atoms with Gasteiger partial charge in [0.15, 0.2) is 5.78 Å². The summed E-state index contributed by atoms with van der Waals surface area (Å²) in [6.45, 7) is 4.89. The number of Topliss-reactive ketones (excluding diaryl/α,β-unsaturated/α-hetero) is 1. The Hall–Kier alpha value is -0.830. The summed E-state index contributed by atoms with van der Waals surface area (Å²) in [6, 6.07) is 6.62. The summed E-state index contributed by atoms with van der Waals surface area (Å²) in [6.07, 6.45) is 3.74. The van der Waals surface area contributed by atoms with Crippen molar-refractivity contribution in [1.29, 1.82) is 0 Å². The molecule has 1 aliphatic carbocycles. The molecule has 1 aromatic rings. The van der Waals surface area contributed by atoms with Crippen molar-refractivity contribution in [3.63, 3.8) is 0 Å². The summed E-state index contributed by atoms with van der Waals surface area (Å²) in [5.74, 6) is 0.116. The summed E-state index contributed by atoms with van der Waals surface area (Å²) >= 11 is 3.59. The molecule has 17 heavy (non-hydrogen) atoms. The van der Waals surface area contributed by atoms with Crippen LogP contribution in [0.15, 0.2) is 22.7 Å². The van der Waals surface area contributed by atoms with Gasteiger partial charge in [-0.05, 0) is 60.3 Å². The number of benzene rings is 1. The van der Waals surface area contributed by atoms with Crippen molar-refractivity contribution in [2.45, 2.75) is 39.2 Å². The van der Waals surface area contributed by atoms with E-state index in [1.54, 1.807) is 6.92 Å². The molecule has 1 saturated carbocycles. The molecule has 92 valence electrons. The number of nitrogens with zero attached hydrogens (tertiary/aromatic N) is 1. The van der Waals surface area contributed by atoms with E-state index in [0.717, 1.165) is 23.0 Å². The molecule has 3 heteroatoms. The van der Waals surface area contributed by atoms with Crippen molar-refractivity contribution in [1.82, 2.24) is 0 Å². The van der Waals surface area contributed by atoms with Crippen LogP contribution in [0.2, 0.25) is 0 Å². The lowest BCUT2D eigenvalue weighted by molar-refractivity contribution is 0.101. The molecule has 0 bridgehead atoms. The van der Waals surface area contributed by atoms with Crippen LogP contribution in [0.4, 0.5) is 5.69 Å². The predicted molar refractivity (Wildman–Crippen MR) is 74.8 cm³/mol. The fourth-order valence-electron chi connectivity index (χ4n) is 2.09. The molecule has 1 aliphatic rings. The number of anilines is 1. The number of hydrogen-bond donors (Lipinski definition) is 0. The van der Waals surface area contributed by atoms with Crippen LogP contribution in [0.25, 0.3) is 0 Å². The van der Waals surface area contributed by atoms with Gasteiger partial charge in [0.1, 0.15) is 0 Å². The average molecular weight is 296 g/mol. The van der Waals surface area contributed by atoms with Crippen LogP contribution in [0.3, 0.4) is 0 Å². The molecule has 0 aliphatic heterocycles. The number of carbonyl (C=O) groups excluding carboxylic acids is 1. The molecule has 0 amide bonds. The van der Waals surface area contributed by atoms with Gasteiger partial charge in [0.05, 0.1) is 5.69 Å². The van der Waals surface area contributed by atoms with Gasteiger partial charge in [0.25, 0.3) is 0 Å². The third-order valence-corrected chi connectivity index (χ3v) is 3.75. The summed E-state index contributed by atoms with van der Waals surface area (Å²) < 4.78 is 1.03. The minimum Gasteiger partial charge on any atom is -0.368 e. The van der Waals surface area contributed by atoms with Gasteiger partial charge in [-0.25, -0.2) is 0 Å². The Bertz CT molecular complexity index is 426. The number of rotatable bonds is 5. The van der Waals surface area contributed by atoms with Crippen molar-refractivity contribution < 1.29 is 4.79 Å². The molecule has 0 spiro atoms. The van der Waals surface area contributed by atoms with E-state index in [2.05, 4.69) is 33.8 Å². The van der Waals surface area contributed by atoms with E-state index in [1.807, 2.05) is 12.1 Å². The van der Waals surface area contributed by atoms with Crippen LogP contribution in [-0.2, 0) is 0 Å². The third-order valence-electron chi connectivity index (χ3n) is 3.12. The molecule has 0 unspecified atom stereocenters. The Labute approximate surface area is 111 Å². The smallest absolute Gasteiger partial charge is 0.159 e. The number of halogens is 1. The molecule has 1 fully saturated rings. The summed E-state index contributed by atoms with van der Waals surface area (Å²) in [5, 5.41) is 0. The molecule has 0 radical (unpaired) electrons. The molecule has 2 nitrogen and oxygen atoms in total. The second-order valence-electron chi connectivity index (χ2n) is 4.65. The van der Waals surface area contributed by atoms with E-state index in [9.17, 15) is 4.79 Å². The quantitative estimate of drug-likeness (QED) is 0.765. The van der Waals surface area contributed by atoms with Gasteiger partial charge in [0.2, 0.25) is 0 Å². The highest BCUT2D eigenvalue weighted by molar-refractivity contribution is 9.10. The molecular weight excluding hydrogens is 278 g/mol. The normalized spacial score (nSPS) is 14.8. The maximum Gasteiger partial charge on any atom is 0.159 e. The van der Waals surface area contributed by atoms with Crippen molar-refractivity contribution in [2.75, 3.05) is 11.4 Å². The topological polar surface area (TPSA) is 20.3 Å². The number of carbonyl (C=O) groups is 1. The standard InChI is InChI=1S/C14H18BrNO/c1-3-8-16(12-5-6-12)14-7-4-11(10(2)17)9-13(14)15/h4,7,9,12H,3,5-6,8H2,1-2H3. The van der Waals surface area contributed by atoms with E-state index in [0.29, 0.717) is 6.04 Å². The zero-order valence-electron chi connectivity index (χ0n) is 10.4. The molecular formula is C14H18BrNO. The van der Waals surface area contributed by atoms with Gasteiger partial charge >= 0.3 is 0 Å². The van der Waals surface area contributed by atoms with Gasteiger partial charge in [-0.15, -0.1) is 0 Å². The molecule has 2 rings (SSSR count). The van der Waals surface area contributed by atoms with Gasteiger partial charge < -0.3 is 4.90 Å². The number of ketones is 1. The predicted octanol–water partition coefficient (Wildman–Crippen LogP) is 4.03. The van der Waals surface area contributed by atoms with E-state index in [-0.39, 0.29) is 5.78 Å². The van der Waals surface area contributed by atoms with Crippen molar-refractivity contribution in [2.24, 2.45) is 0 Å². The average Bonchev–Trinajstić information content (AvgIpc) is 3.10. The zero-order chi connectivity index (χ0) is 12.4. The third kappa shape index (κ3) is 2.89. The van der Waals surface area contributed by atoms with E-state index >= 15 is 0 Å². The van der Waals surface area contributed by atoms with Gasteiger partial charge in [0, 0.05) is 22.6 Å². The first kappa shape index (κ1) is 12.6. The lowest BCUT2D eigenvalue weighted by Gasteiger charge is -2.25. The highest BCUT2D eigenvalue weighted by Gasteiger charge is 2.29. The summed E-state index contributed by atoms with van der Waals surface area (Å²) in [5.41, 5.74) is 1.99. The fraction of sp³-hybridized carbons (Fsp3) is 0.500. The molecule has 0 atom stereocenters. The van der Waals surface area contributed by atoms with Crippen molar-refractivity contribution in [3.05, 3.63) is 28.2 Å². The first-order valence-corrected chi connectivity index (χ1v) is 7.00. The molecule has 0 saturated heterocycles. The Kier molecular flexibility index (Phi) is 3.87. The van der Waals surface area contributed by atoms with Crippen molar-refractivity contribution in [3.8, 4) is 0 Å². The summed E-state index contributed by atoms with van der Waals surface area (Å²) in [4.78, 5) is 13.8. The minimum absolute atomic E-state index is 0.116. The minimum atomic E-state index is 0.116. The second-order valence-corrected chi connectivity index (χ2v) is 5.50. The maximum absolute atomic E-state index is 11.3. The monoisotopic (exact) mass is 295 g/mol. The van der Waals surface area contributed by atoms with Crippen LogP contribution in [0.5, 0.6) is 0 Å². The largest absolute Gasteiger partial charge is 0.368 e. The Morgan fingerprint density at radius 2 is 2.18 bits per heavy atom. The van der Waals surface area contributed by atoms with Crippen LogP contribution in [0.1, 0.15) is 43.5 Å². The second kappa shape index (κ2) is 5.21. The zero-order valence-corrected chi connectivity index (χ0v) is 12.0. The SMILES string of the molecule is CCCN(c1ccc(C(C)=O)cc1Br)C1CC1. The Morgan fingerprint density at radius 1 is 1.47 bits per heavy atom. The lowest BCUT2D eigenvalue weighted by atomic mass is 10.1. The van der Waals surface area contributed by atoms with Crippen LogP contribution < -0.4 is 4.90 Å². The Morgan fingerprint density at radius 3 is 2.65 bits per heavy atom. The van der Waals surface area contributed by atoms with E-state index in [1.165, 1.54) is 18.5 Å². The maximum atomic E-state index is 11.3. The highest BCUT2D eigenvalue weighted by Crippen LogP contribution is 2.36. The molecule has 0 aromatic heterocycles. The van der Waals surface area contributed by atoms with Gasteiger partial charge in [-0.3, -0.25) is 4.79 Å². The van der Waals surface area contributed by atoms with Crippen LogP contribution >= 0.6 is 15.9 Å². The van der Waals surface area contributed by atoms with Crippen LogP contribution in [0, 0.1) is 0 Å². The number of hydrogen-bond acceptors (Lipinski definition) is 2. The van der Waals surface area contributed by atoms with E-state index < -0.39 is 0 Å². The van der Waals surface area contributed by atoms with Gasteiger partial charge in [-0.1, -0.05) is 6.92 Å². The van der Waals surface area contributed by atoms with Gasteiger partial charge in [-0.2, -0.15) is 0 Å². The molecule has 0 heterocycles. The lowest BCUT2D eigenvalue weighted by Crippen LogP contribution is -2.26.